The topological polar surface area (TPSA) is 125 Å². The van der Waals surface area contributed by atoms with Crippen LogP contribution in [0.1, 0.15) is 5.56 Å². The first kappa shape index (κ1) is 20.7. The summed E-state index contributed by atoms with van der Waals surface area (Å²) >= 11 is 0. The molecule has 0 atom stereocenters. The molecule has 1 saturated heterocycles. The van der Waals surface area contributed by atoms with Crippen LogP contribution in [0.5, 0.6) is 0 Å². The Labute approximate surface area is 188 Å². The van der Waals surface area contributed by atoms with Gasteiger partial charge in [0, 0.05) is 51.1 Å². The maximum Gasteiger partial charge on any atom is 0.268 e. The molecule has 0 amide bonds. The van der Waals surface area contributed by atoms with Gasteiger partial charge >= 0.3 is 0 Å². The number of benzene rings is 1. The molecule has 10 nitrogen and oxygen atoms in total. The maximum absolute atomic E-state index is 14.8. The lowest BCUT2D eigenvalue weighted by atomic mass is 10.1. The summed E-state index contributed by atoms with van der Waals surface area (Å²) in [6.45, 7) is 3.61. The number of nitrogen functional groups attached to an aromatic ring is 1. The fourth-order valence-electron chi connectivity index (χ4n) is 4.27. The van der Waals surface area contributed by atoms with Gasteiger partial charge in [0.05, 0.1) is 16.8 Å². The lowest BCUT2D eigenvalue weighted by molar-refractivity contribution is 0.311. The third-order valence-electron chi connectivity index (χ3n) is 6.06. The van der Waals surface area contributed by atoms with Gasteiger partial charge in [0.2, 0.25) is 0 Å². The average molecular weight is 447 g/mol. The third-order valence-corrected chi connectivity index (χ3v) is 6.06. The summed E-state index contributed by atoms with van der Waals surface area (Å²) in [6.07, 6.45) is 1.48. The quantitative estimate of drug-likeness (QED) is 0.487. The molecule has 0 aliphatic carbocycles. The molecule has 4 heterocycles. The number of nitrogens with one attached hydrogen (secondary N) is 1. The van der Waals surface area contributed by atoms with E-state index in [4.69, 9.17) is 5.73 Å². The van der Waals surface area contributed by atoms with Crippen molar-refractivity contribution in [3.63, 3.8) is 0 Å². The number of nitriles is 1. The number of hydrogen-bond acceptors (Lipinski definition) is 7. The van der Waals surface area contributed by atoms with Crippen LogP contribution < -0.4 is 16.2 Å². The van der Waals surface area contributed by atoms with Gasteiger partial charge in [-0.3, -0.25) is 19.1 Å². The van der Waals surface area contributed by atoms with E-state index in [0.29, 0.717) is 16.8 Å². The number of aryl methyl sites for hydroxylation is 1. The first-order chi connectivity index (χ1) is 15.9. The number of aromatic amines is 1. The number of anilines is 2. The molecule has 11 heteroatoms. The van der Waals surface area contributed by atoms with Crippen LogP contribution in [-0.2, 0) is 7.05 Å². The Morgan fingerprint density at radius 3 is 2.70 bits per heavy atom. The zero-order valence-electron chi connectivity index (χ0n) is 18.2. The SMILES string of the molecule is CN1CCN(c2cc(-c3cn(-c4c(F)cccc4C#N)c(=O)c4c(N)n[nH]c34)nn2C)CC1. The number of nitrogens with zero attached hydrogens (tertiary/aromatic N) is 7. The number of nitrogens with two attached hydrogens (primary N) is 1. The van der Waals surface area contributed by atoms with Crippen LogP contribution >= 0.6 is 0 Å². The van der Waals surface area contributed by atoms with Gasteiger partial charge < -0.3 is 15.5 Å². The predicted octanol–water partition coefficient (Wildman–Crippen LogP) is 1.46. The summed E-state index contributed by atoms with van der Waals surface area (Å²) in [7, 11) is 3.95. The molecule has 0 bridgehead atoms. The zero-order chi connectivity index (χ0) is 23.3. The number of aromatic nitrogens is 5. The van der Waals surface area contributed by atoms with Crippen molar-refractivity contribution >= 4 is 22.5 Å². The minimum atomic E-state index is -0.692. The van der Waals surface area contributed by atoms with Gasteiger partial charge in [-0.1, -0.05) is 6.07 Å². The molecule has 3 N–H and O–H groups in total. The molecule has 3 aromatic heterocycles. The molecule has 0 spiro atoms. The van der Waals surface area contributed by atoms with E-state index < -0.39 is 11.4 Å². The zero-order valence-corrected chi connectivity index (χ0v) is 18.2. The second-order valence-electron chi connectivity index (χ2n) is 8.13. The minimum absolute atomic E-state index is 0.00401. The van der Waals surface area contributed by atoms with Crippen LogP contribution in [0.25, 0.3) is 27.8 Å². The highest BCUT2D eigenvalue weighted by atomic mass is 19.1. The molecule has 1 fully saturated rings. The number of fused-ring (bicyclic) bond motifs is 1. The highest BCUT2D eigenvalue weighted by Crippen LogP contribution is 2.31. The van der Waals surface area contributed by atoms with Crippen LogP contribution in [0.15, 0.2) is 35.3 Å². The first-order valence-corrected chi connectivity index (χ1v) is 10.4. The first-order valence-electron chi connectivity index (χ1n) is 10.4. The number of piperazine rings is 1. The smallest absolute Gasteiger partial charge is 0.268 e. The lowest BCUT2D eigenvalue weighted by Crippen LogP contribution is -2.45. The summed E-state index contributed by atoms with van der Waals surface area (Å²) in [4.78, 5) is 17.8. The van der Waals surface area contributed by atoms with Crippen molar-refractivity contribution in [3.8, 4) is 23.0 Å². The Morgan fingerprint density at radius 2 is 1.97 bits per heavy atom. The molecular weight excluding hydrogens is 425 g/mol. The normalized spacial score (nSPS) is 14.7. The van der Waals surface area contributed by atoms with E-state index in [1.165, 1.54) is 24.4 Å². The lowest BCUT2D eigenvalue weighted by Gasteiger charge is -2.33. The van der Waals surface area contributed by atoms with Crippen molar-refractivity contribution in [2.75, 3.05) is 43.9 Å². The van der Waals surface area contributed by atoms with E-state index in [0.717, 1.165) is 36.6 Å². The maximum atomic E-state index is 14.8. The summed E-state index contributed by atoms with van der Waals surface area (Å²) < 4.78 is 17.7. The molecule has 1 aromatic carbocycles. The number of H-pyrrole nitrogens is 1. The molecule has 1 aliphatic rings. The molecular formula is C22H22FN9O. The minimum Gasteiger partial charge on any atom is -0.382 e. The van der Waals surface area contributed by atoms with Crippen LogP contribution in [0.4, 0.5) is 16.0 Å². The van der Waals surface area contributed by atoms with Gasteiger partial charge in [-0.15, -0.1) is 0 Å². The molecule has 168 valence electrons. The van der Waals surface area contributed by atoms with E-state index in [9.17, 15) is 14.4 Å². The number of likely N-dealkylation sites (N-methyl/N-ethyl adjacent to an activating group) is 1. The van der Waals surface area contributed by atoms with E-state index in [1.807, 2.05) is 19.2 Å². The molecule has 0 radical (unpaired) electrons. The van der Waals surface area contributed by atoms with Crippen molar-refractivity contribution in [2.24, 2.45) is 7.05 Å². The Kier molecular flexibility index (Phi) is 4.87. The van der Waals surface area contributed by atoms with Gasteiger partial charge in [0.25, 0.3) is 5.56 Å². The monoisotopic (exact) mass is 447 g/mol. The second-order valence-corrected chi connectivity index (χ2v) is 8.13. The van der Waals surface area contributed by atoms with E-state index in [1.54, 1.807) is 4.68 Å². The van der Waals surface area contributed by atoms with Crippen LogP contribution in [-0.4, -0.2) is 62.7 Å². The summed E-state index contributed by atoms with van der Waals surface area (Å²) in [6, 6.07) is 7.97. The fourth-order valence-corrected chi connectivity index (χ4v) is 4.27. The standard InChI is InChI=1S/C22H22FN9O/c1-29-6-8-31(9-7-29)17-10-16(28-30(17)2)14-12-32(20-13(11-24)4-3-5-15(20)23)22(33)18-19(14)26-27-21(18)25/h3-5,10,12H,6-9H2,1-2H3,(H3,25,26,27). The predicted molar refractivity (Wildman–Crippen MR) is 123 cm³/mol. The Hall–Kier alpha value is -4.17. The number of pyridine rings is 1. The van der Waals surface area contributed by atoms with Crippen molar-refractivity contribution in [3.05, 3.63) is 52.2 Å². The van der Waals surface area contributed by atoms with Gasteiger partial charge in [0.1, 0.15) is 28.8 Å². The Balaban J connectivity index is 1.73. The molecule has 0 unspecified atom stereocenters. The van der Waals surface area contributed by atoms with Crippen LogP contribution in [0, 0.1) is 17.1 Å². The van der Waals surface area contributed by atoms with Crippen LogP contribution in [0.2, 0.25) is 0 Å². The van der Waals surface area contributed by atoms with E-state index >= 15 is 0 Å². The largest absolute Gasteiger partial charge is 0.382 e. The number of rotatable bonds is 3. The number of hydrogen-bond donors (Lipinski definition) is 2. The van der Waals surface area contributed by atoms with Gasteiger partial charge in [-0.05, 0) is 19.2 Å². The number of para-hydroxylation sites is 1. The third kappa shape index (κ3) is 3.32. The van der Waals surface area contributed by atoms with Gasteiger partial charge in [-0.25, -0.2) is 4.39 Å². The van der Waals surface area contributed by atoms with E-state index in [-0.39, 0.29) is 22.5 Å². The summed E-state index contributed by atoms with van der Waals surface area (Å²) in [5.74, 6) is 0.235. The van der Waals surface area contributed by atoms with Crippen molar-refractivity contribution < 1.29 is 4.39 Å². The molecule has 5 rings (SSSR count). The summed E-state index contributed by atoms with van der Waals surface area (Å²) in [5, 5.41) is 21.1. The highest BCUT2D eigenvalue weighted by molar-refractivity contribution is 5.98. The summed E-state index contributed by atoms with van der Waals surface area (Å²) in [5.41, 5.74) is 6.82. The molecule has 33 heavy (non-hydrogen) atoms. The van der Waals surface area contributed by atoms with Crippen LogP contribution in [0.3, 0.4) is 0 Å². The highest BCUT2D eigenvalue weighted by Gasteiger charge is 2.23. The second kappa shape index (κ2) is 7.75. The fraction of sp³-hybridized carbons (Fsp3) is 0.273. The molecule has 0 saturated carbocycles. The van der Waals surface area contributed by atoms with Crippen molar-refractivity contribution in [2.45, 2.75) is 0 Å². The Bertz CT molecular complexity index is 1470. The molecule has 4 aromatic rings. The van der Waals surface area contributed by atoms with Gasteiger partial charge in [-0.2, -0.15) is 15.5 Å². The van der Waals surface area contributed by atoms with E-state index in [2.05, 4.69) is 32.1 Å². The van der Waals surface area contributed by atoms with Crippen molar-refractivity contribution in [1.82, 2.24) is 29.4 Å². The van der Waals surface area contributed by atoms with Gasteiger partial charge in [0.15, 0.2) is 5.82 Å². The Morgan fingerprint density at radius 1 is 1.21 bits per heavy atom. The number of halogens is 1. The van der Waals surface area contributed by atoms with Crippen molar-refractivity contribution in [1.29, 1.82) is 5.26 Å². The molecule has 1 aliphatic heterocycles. The average Bonchev–Trinajstić information content (AvgIpc) is 3.38.